The maximum atomic E-state index is 11.8. The van der Waals surface area contributed by atoms with E-state index >= 15 is 0 Å². The summed E-state index contributed by atoms with van der Waals surface area (Å²) >= 11 is 0. The Bertz CT molecular complexity index is 596. The number of esters is 1. The zero-order valence-corrected chi connectivity index (χ0v) is 11.0. The van der Waals surface area contributed by atoms with E-state index < -0.39 is 5.97 Å². The van der Waals surface area contributed by atoms with E-state index in [1.165, 1.54) is 0 Å². The summed E-state index contributed by atoms with van der Waals surface area (Å²) in [5, 5.41) is 19.9. The number of phenolic OH excluding ortho intramolecular Hbond substituents is 1. The molecule has 100 valence electrons. The van der Waals surface area contributed by atoms with Crippen LogP contribution >= 0.6 is 0 Å². The second-order valence-electron chi connectivity index (χ2n) is 4.20. The highest BCUT2D eigenvalue weighted by Gasteiger charge is 2.21. The molecule has 1 aromatic carbocycles. The van der Waals surface area contributed by atoms with Gasteiger partial charge in [-0.05, 0) is 44.0 Å². The van der Waals surface area contributed by atoms with Crippen molar-refractivity contribution in [3.63, 3.8) is 0 Å². The fourth-order valence-corrected chi connectivity index (χ4v) is 2.06. The fourth-order valence-electron chi connectivity index (χ4n) is 2.06. The van der Waals surface area contributed by atoms with Crippen molar-refractivity contribution in [1.29, 1.82) is 0 Å². The van der Waals surface area contributed by atoms with E-state index in [2.05, 4.69) is 15.4 Å². The number of carbonyl (C=O) groups is 1. The van der Waals surface area contributed by atoms with Crippen molar-refractivity contribution in [2.75, 3.05) is 6.61 Å². The first kappa shape index (κ1) is 13.1. The number of aromatic amines is 1. The van der Waals surface area contributed by atoms with Crippen LogP contribution in [0.2, 0.25) is 0 Å². The summed E-state index contributed by atoms with van der Waals surface area (Å²) in [6, 6.07) is 3.23. The average Bonchev–Trinajstić information content (AvgIpc) is 2.77. The lowest BCUT2D eigenvalue weighted by Crippen LogP contribution is -2.07. The summed E-state index contributed by atoms with van der Waals surface area (Å²) in [7, 11) is 0. The van der Waals surface area contributed by atoms with Gasteiger partial charge in [0.25, 0.3) is 0 Å². The number of hydrogen-bond donors (Lipinski definition) is 2. The number of phenols is 1. The molecule has 1 heterocycles. The van der Waals surface area contributed by atoms with Crippen molar-refractivity contribution in [2.24, 2.45) is 0 Å². The summed E-state index contributed by atoms with van der Waals surface area (Å²) in [6.45, 7) is 5.69. The topological polar surface area (TPSA) is 88.1 Å². The molecule has 0 saturated carbocycles. The van der Waals surface area contributed by atoms with E-state index in [0.717, 1.165) is 16.7 Å². The van der Waals surface area contributed by atoms with Gasteiger partial charge in [0, 0.05) is 5.56 Å². The molecule has 0 aliphatic rings. The van der Waals surface area contributed by atoms with Crippen LogP contribution in [0.3, 0.4) is 0 Å². The van der Waals surface area contributed by atoms with Crippen molar-refractivity contribution >= 4 is 5.97 Å². The maximum absolute atomic E-state index is 11.8. The SMILES string of the molecule is CCOC(=O)c1n[nH]nc1-c1c(C)cc(O)cc1C. The number of aryl methyl sites for hydroxylation is 2. The number of hydrogen-bond acceptors (Lipinski definition) is 5. The largest absolute Gasteiger partial charge is 0.508 e. The molecule has 0 bridgehead atoms. The van der Waals surface area contributed by atoms with Crippen LogP contribution in [-0.2, 0) is 4.74 Å². The number of ether oxygens (including phenoxy) is 1. The average molecular weight is 261 g/mol. The van der Waals surface area contributed by atoms with Gasteiger partial charge in [0.1, 0.15) is 11.4 Å². The van der Waals surface area contributed by atoms with Gasteiger partial charge in [-0.3, -0.25) is 0 Å². The van der Waals surface area contributed by atoms with Crippen LogP contribution in [-0.4, -0.2) is 33.1 Å². The smallest absolute Gasteiger partial charge is 0.361 e. The lowest BCUT2D eigenvalue weighted by atomic mass is 9.98. The van der Waals surface area contributed by atoms with Crippen LogP contribution in [0, 0.1) is 13.8 Å². The third-order valence-electron chi connectivity index (χ3n) is 2.77. The zero-order chi connectivity index (χ0) is 14.0. The minimum absolute atomic E-state index is 0.152. The van der Waals surface area contributed by atoms with Gasteiger partial charge in [-0.25, -0.2) is 4.79 Å². The van der Waals surface area contributed by atoms with Gasteiger partial charge < -0.3 is 9.84 Å². The molecular weight excluding hydrogens is 246 g/mol. The Morgan fingerprint density at radius 2 is 1.95 bits per heavy atom. The number of carbonyl (C=O) groups excluding carboxylic acids is 1. The number of nitrogens with one attached hydrogen (secondary N) is 1. The van der Waals surface area contributed by atoms with Crippen LogP contribution < -0.4 is 0 Å². The van der Waals surface area contributed by atoms with E-state index in [1.807, 2.05) is 13.8 Å². The van der Waals surface area contributed by atoms with Crippen LogP contribution in [0.15, 0.2) is 12.1 Å². The number of benzene rings is 1. The quantitative estimate of drug-likeness (QED) is 0.825. The number of aromatic nitrogens is 3. The van der Waals surface area contributed by atoms with Gasteiger partial charge in [-0.15, -0.1) is 5.10 Å². The van der Waals surface area contributed by atoms with E-state index in [0.29, 0.717) is 5.69 Å². The zero-order valence-electron chi connectivity index (χ0n) is 11.0. The molecule has 0 aliphatic carbocycles. The van der Waals surface area contributed by atoms with Crippen molar-refractivity contribution in [2.45, 2.75) is 20.8 Å². The lowest BCUT2D eigenvalue weighted by Gasteiger charge is -2.09. The first-order chi connectivity index (χ1) is 9.04. The number of H-pyrrole nitrogens is 1. The molecule has 0 radical (unpaired) electrons. The Hall–Kier alpha value is -2.37. The summed E-state index contributed by atoms with van der Waals surface area (Å²) < 4.78 is 4.94. The Morgan fingerprint density at radius 1 is 1.32 bits per heavy atom. The Labute approximate surface area is 110 Å². The summed E-state index contributed by atoms with van der Waals surface area (Å²) in [4.78, 5) is 11.8. The highest BCUT2D eigenvalue weighted by Crippen LogP contribution is 2.30. The minimum Gasteiger partial charge on any atom is -0.508 e. The van der Waals surface area contributed by atoms with E-state index in [9.17, 15) is 9.90 Å². The minimum atomic E-state index is -0.516. The molecule has 2 N–H and O–H groups in total. The predicted octanol–water partition coefficient (Wildman–Crippen LogP) is 1.97. The van der Waals surface area contributed by atoms with Gasteiger partial charge in [0.05, 0.1) is 6.61 Å². The molecule has 0 fully saturated rings. The second kappa shape index (κ2) is 5.09. The number of aromatic hydroxyl groups is 1. The van der Waals surface area contributed by atoms with Gasteiger partial charge >= 0.3 is 5.97 Å². The fraction of sp³-hybridized carbons (Fsp3) is 0.308. The third kappa shape index (κ3) is 2.42. The molecular formula is C13H15N3O3. The van der Waals surface area contributed by atoms with Crippen molar-refractivity contribution in [1.82, 2.24) is 15.4 Å². The van der Waals surface area contributed by atoms with Gasteiger partial charge in [0.15, 0.2) is 5.69 Å². The second-order valence-corrected chi connectivity index (χ2v) is 4.20. The standard InChI is InChI=1S/C13H15N3O3/c1-4-19-13(18)12-11(14-16-15-12)10-7(2)5-9(17)6-8(10)3/h5-6,17H,4H2,1-3H3,(H,14,15,16). The number of nitrogens with zero attached hydrogens (tertiary/aromatic N) is 2. The highest BCUT2D eigenvalue weighted by atomic mass is 16.5. The predicted molar refractivity (Wildman–Crippen MR) is 68.9 cm³/mol. The Morgan fingerprint density at radius 3 is 2.53 bits per heavy atom. The molecule has 2 rings (SSSR count). The Kier molecular flexibility index (Phi) is 3.50. The van der Waals surface area contributed by atoms with Crippen LogP contribution in [0.4, 0.5) is 0 Å². The van der Waals surface area contributed by atoms with Crippen molar-refractivity contribution < 1.29 is 14.6 Å². The summed E-state index contributed by atoms with van der Waals surface area (Å²) in [6.07, 6.45) is 0. The third-order valence-corrected chi connectivity index (χ3v) is 2.77. The molecule has 0 aliphatic heterocycles. The molecule has 1 aromatic heterocycles. The first-order valence-corrected chi connectivity index (χ1v) is 5.93. The summed E-state index contributed by atoms with van der Waals surface area (Å²) in [5.41, 5.74) is 3.00. The van der Waals surface area contributed by atoms with Crippen molar-refractivity contribution in [3.8, 4) is 17.0 Å². The van der Waals surface area contributed by atoms with E-state index in [1.54, 1.807) is 19.1 Å². The molecule has 19 heavy (non-hydrogen) atoms. The van der Waals surface area contributed by atoms with Gasteiger partial charge in [-0.2, -0.15) is 10.3 Å². The monoisotopic (exact) mass is 261 g/mol. The molecule has 2 aromatic rings. The normalized spacial score (nSPS) is 10.5. The maximum Gasteiger partial charge on any atom is 0.361 e. The lowest BCUT2D eigenvalue weighted by molar-refractivity contribution is 0.0520. The first-order valence-electron chi connectivity index (χ1n) is 5.93. The number of rotatable bonds is 3. The molecule has 6 nitrogen and oxygen atoms in total. The molecule has 0 atom stereocenters. The van der Waals surface area contributed by atoms with E-state index in [4.69, 9.17) is 4.74 Å². The van der Waals surface area contributed by atoms with Crippen molar-refractivity contribution in [3.05, 3.63) is 29.0 Å². The molecule has 0 saturated heterocycles. The molecule has 6 heteroatoms. The molecule has 0 amide bonds. The van der Waals surface area contributed by atoms with Gasteiger partial charge in [0.2, 0.25) is 0 Å². The Balaban J connectivity index is 2.55. The van der Waals surface area contributed by atoms with Crippen LogP contribution in [0.5, 0.6) is 5.75 Å². The van der Waals surface area contributed by atoms with E-state index in [-0.39, 0.29) is 18.1 Å². The molecule has 0 unspecified atom stereocenters. The summed E-state index contributed by atoms with van der Waals surface area (Å²) in [5.74, 6) is -0.335. The molecule has 0 spiro atoms. The van der Waals surface area contributed by atoms with Crippen LogP contribution in [0.25, 0.3) is 11.3 Å². The van der Waals surface area contributed by atoms with Crippen LogP contribution in [0.1, 0.15) is 28.5 Å². The highest BCUT2D eigenvalue weighted by molar-refractivity contribution is 5.94. The van der Waals surface area contributed by atoms with Gasteiger partial charge in [-0.1, -0.05) is 0 Å².